The molecule has 6 nitrogen and oxygen atoms in total. The standard InChI is InChI=1S/C15H19ClN4O2/c16-14-12(17-6-7-18-14)8-19-15(22)10-4-5-11-2-1-3-13(21)20(11)9-10/h6-7,10-11H,1-5,8-9H2,(H,19,22). The molecule has 0 spiro atoms. The molecule has 2 aliphatic rings. The van der Waals surface area contributed by atoms with Crippen molar-refractivity contribution in [1.29, 1.82) is 0 Å². The Morgan fingerprint density at radius 1 is 1.32 bits per heavy atom. The van der Waals surface area contributed by atoms with Gasteiger partial charge in [-0.25, -0.2) is 4.98 Å². The Morgan fingerprint density at radius 3 is 2.95 bits per heavy atom. The predicted molar refractivity (Wildman–Crippen MR) is 81.0 cm³/mol. The molecule has 2 aliphatic heterocycles. The summed E-state index contributed by atoms with van der Waals surface area (Å²) in [5.41, 5.74) is 0.556. The molecule has 118 valence electrons. The summed E-state index contributed by atoms with van der Waals surface area (Å²) in [5.74, 6) is -0.00184. The highest BCUT2D eigenvalue weighted by molar-refractivity contribution is 6.29. The molecule has 0 aromatic carbocycles. The number of rotatable bonds is 3. The zero-order chi connectivity index (χ0) is 15.5. The molecule has 3 rings (SSSR count). The van der Waals surface area contributed by atoms with Gasteiger partial charge < -0.3 is 10.2 Å². The lowest BCUT2D eigenvalue weighted by Crippen LogP contribution is -2.52. The molecule has 2 saturated heterocycles. The number of fused-ring (bicyclic) bond motifs is 1. The first-order valence-electron chi connectivity index (χ1n) is 7.67. The molecule has 1 N–H and O–H groups in total. The van der Waals surface area contributed by atoms with Crippen molar-refractivity contribution in [2.75, 3.05) is 6.54 Å². The number of hydrogen-bond acceptors (Lipinski definition) is 4. The lowest BCUT2D eigenvalue weighted by molar-refractivity contribution is -0.141. The van der Waals surface area contributed by atoms with E-state index in [4.69, 9.17) is 11.6 Å². The number of nitrogens with one attached hydrogen (secondary N) is 1. The van der Waals surface area contributed by atoms with Crippen molar-refractivity contribution in [3.05, 3.63) is 23.2 Å². The Morgan fingerprint density at radius 2 is 2.14 bits per heavy atom. The normalized spacial score (nSPS) is 24.8. The minimum absolute atomic E-state index is 0.0430. The summed E-state index contributed by atoms with van der Waals surface area (Å²) in [4.78, 5) is 34.2. The molecule has 0 saturated carbocycles. The van der Waals surface area contributed by atoms with Crippen LogP contribution in [0, 0.1) is 5.92 Å². The van der Waals surface area contributed by atoms with E-state index in [1.54, 1.807) is 6.20 Å². The van der Waals surface area contributed by atoms with Crippen LogP contribution in [0.25, 0.3) is 0 Å². The van der Waals surface area contributed by atoms with Gasteiger partial charge >= 0.3 is 0 Å². The second-order valence-electron chi connectivity index (χ2n) is 5.88. The number of hydrogen-bond donors (Lipinski definition) is 1. The summed E-state index contributed by atoms with van der Waals surface area (Å²) in [6.07, 6.45) is 7.45. The van der Waals surface area contributed by atoms with Crippen LogP contribution in [0.5, 0.6) is 0 Å². The number of nitrogens with zero attached hydrogens (tertiary/aromatic N) is 3. The van der Waals surface area contributed by atoms with Crippen LogP contribution in [0.4, 0.5) is 0 Å². The molecule has 2 fully saturated rings. The van der Waals surface area contributed by atoms with Crippen LogP contribution in [-0.4, -0.2) is 39.3 Å². The molecule has 0 aliphatic carbocycles. The van der Waals surface area contributed by atoms with Crippen LogP contribution in [0.2, 0.25) is 5.15 Å². The fraction of sp³-hybridized carbons (Fsp3) is 0.600. The molecule has 1 aromatic heterocycles. The third kappa shape index (κ3) is 3.21. The van der Waals surface area contributed by atoms with Gasteiger partial charge in [-0.2, -0.15) is 0 Å². The second-order valence-corrected chi connectivity index (χ2v) is 6.24. The average Bonchev–Trinajstić information content (AvgIpc) is 2.54. The van der Waals surface area contributed by atoms with Gasteiger partial charge in [0.25, 0.3) is 0 Å². The summed E-state index contributed by atoms with van der Waals surface area (Å²) >= 11 is 5.93. The SMILES string of the molecule is O=C(NCc1nccnc1Cl)C1CCC2CCCC(=O)N2C1. The van der Waals surface area contributed by atoms with Gasteiger partial charge in [0.15, 0.2) is 5.15 Å². The van der Waals surface area contributed by atoms with Gasteiger partial charge in [0.05, 0.1) is 18.2 Å². The molecule has 1 aromatic rings. The topological polar surface area (TPSA) is 75.2 Å². The van der Waals surface area contributed by atoms with Crippen molar-refractivity contribution in [2.45, 2.75) is 44.7 Å². The number of halogens is 1. The quantitative estimate of drug-likeness (QED) is 0.916. The Kier molecular flexibility index (Phi) is 4.57. The number of carbonyl (C=O) groups is 2. The minimum Gasteiger partial charge on any atom is -0.350 e. The maximum absolute atomic E-state index is 12.3. The number of amides is 2. The summed E-state index contributed by atoms with van der Waals surface area (Å²) in [7, 11) is 0. The second kappa shape index (κ2) is 6.60. The monoisotopic (exact) mass is 322 g/mol. The van der Waals surface area contributed by atoms with Crippen molar-refractivity contribution in [1.82, 2.24) is 20.2 Å². The Balaban J connectivity index is 1.57. The third-order valence-electron chi connectivity index (χ3n) is 4.48. The highest BCUT2D eigenvalue weighted by Gasteiger charge is 2.36. The van der Waals surface area contributed by atoms with E-state index in [1.807, 2.05) is 4.90 Å². The first-order chi connectivity index (χ1) is 10.6. The lowest BCUT2D eigenvalue weighted by Gasteiger charge is -2.42. The van der Waals surface area contributed by atoms with Crippen molar-refractivity contribution in [2.24, 2.45) is 5.92 Å². The maximum atomic E-state index is 12.3. The largest absolute Gasteiger partial charge is 0.350 e. The zero-order valence-corrected chi connectivity index (χ0v) is 13.1. The smallest absolute Gasteiger partial charge is 0.225 e. The predicted octanol–water partition coefficient (Wildman–Crippen LogP) is 1.54. The van der Waals surface area contributed by atoms with Crippen molar-refractivity contribution in [3.63, 3.8) is 0 Å². The molecule has 7 heteroatoms. The van der Waals surface area contributed by atoms with Gasteiger partial charge in [0, 0.05) is 31.4 Å². The lowest BCUT2D eigenvalue weighted by atomic mass is 9.87. The molecule has 2 atom stereocenters. The minimum atomic E-state index is -0.145. The van der Waals surface area contributed by atoms with E-state index in [1.165, 1.54) is 6.20 Å². The van der Waals surface area contributed by atoms with Gasteiger partial charge in [-0.15, -0.1) is 0 Å². The average molecular weight is 323 g/mol. The van der Waals surface area contributed by atoms with E-state index in [0.29, 0.717) is 29.9 Å². The highest BCUT2D eigenvalue weighted by atomic mass is 35.5. The maximum Gasteiger partial charge on any atom is 0.225 e. The fourth-order valence-corrected chi connectivity index (χ4v) is 3.43. The zero-order valence-electron chi connectivity index (χ0n) is 12.3. The fourth-order valence-electron chi connectivity index (χ4n) is 3.26. The highest BCUT2D eigenvalue weighted by Crippen LogP contribution is 2.29. The molecule has 2 unspecified atom stereocenters. The van der Waals surface area contributed by atoms with E-state index >= 15 is 0 Å². The summed E-state index contributed by atoms with van der Waals surface area (Å²) < 4.78 is 0. The summed E-state index contributed by atoms with van der Waals surface area (Å²) in [6, 6.07) is 0.333. The van der Waals surface area contributed by atoms with Crippen LogP contribution >= 0.6 is 11.6 Å². The molecule has 3 heterocycles. The van der Waals surface area contributed by atoms with Gasteiger partial charge in [0.1, 0.15) is 0 Å². The first kappa shape index (κ1) is 15.2. The number of piperidine rings is 2. The Hall–Kier alpha value is -1.69. The van der Waals surface area contributed by atoms with Crippen LogP contribution in [0.3, 0.4) is 0 Å². The Labute approximate surface area is 134 Å². The molecule has 0 radical (unpaired) electrons. The van der Waals surface area contributed by atoms with Crippen molar-refractivity contribution in [3.8, 4) is 0 Å². The van der Waals surface area contributed by atoms with Gasteiger partial charge in [-0.3, -0.25) is 14.6 Å². The van der Waals surface area contributed by atoms with E-state index < -0.39 is 0 Å². The van der Waals surface area contributed by atoms with Crippen molar-refractivity contribution >= 4 is 23.4 Å². The summed E-state index contributed by atoms with van der Waals surface area (Å²) in [5, 5.41) is 3.16. The molecule has 2 amide bonds. The van der Waals surface area contributed by atoms with Crippen LogP contribution in [-0.2, 0) is 16.1 Å². The Bertz CT molecular complexity index is 580. The number of aromatic nitrogens is 2. The van der Waals surface area contributed by atoms with Crippen molar-refractivity contribution < 1.29 is 9.59 Å². The molecular weight excluding hydrogens is 304 g/mol. The van der Waals surface area contributed by atoms with E-state index in [0.717, 1.165) is 25.7 Å². The molecule has 0 bridgehead atoms. The molecular formula is C15H19ClN4O2. The number of carbonyl (C=O) groups excluding carboxylic acids is 2. The summed E-state index contributed by atoms with van der Waals surface area (Å²) in [6.45, 7) is 0.795. The van der Waals surface area contributed by atoms with Crippen LogP contribution < -0.4 is 5.32 Å². The van der Waals surface area contributed by atoms with Crippen LogP contribution in [0.1, 0.15) is 37.8 Å². The molecule has 22 heavy (non-hydrogen) atoms. The van der Waals surface area contributed by atoms with Crippen LogP contribution in [0.15, 0.2) is 12.4 Å². The van der Waals surface area contributed by atoms with Gasteiger partial charge in [-0.1, -0.05) is 11.6 Å². The van der Waals surface area contributed by atoms with Gasteiger partial charge in [0.2, 0.25) is 11.8 Å². The van der Waals surface area contributed by atoms with E-state index in [2.05, 4.69) is 15.3 Å². The third-order valence-corrected chi connectivity index (χ3v) is 4.79. The van der Waals surface area contributed by atoms with E-state index in [-0.39, 0.29) is 24.3 Å². The first-order valence-corrected chi connectivity index (χ1v) is 8.05. The van der Waals surface area contributed by atoms with E-state index in [9.17, 15) is 9.59 Å². The van der Waals surface area contributed by atoms with Gasteiger partial charge in [-0.05, 0) is 25.7 Å².